The fourth-order valence-corrected chi connectivity index (χ4v) is 0.144. The minimum absolute atomic E-state index is 0. The van der Waals surface area contributed by atoms with Crippen molar-refractivity contribution < 1.29 is 35.7 Å². The second kappa shape index (κ2) is 1.83. The molecule has 32 valence electrons. The first-order valence-corrected chi connectivity index (χ1v) is 1.85. The number of rotatable bonds is 0. The van der Waals surface area contributed by atoms with Crippen LogP contribution in [0.15, 0.2) is 0 Å². The Bertz CT molecular complexity index is 49.7. The first-order valence-electron chi connectivity index (χ1n) is 1.85. The third kappa shape index (κ3) is 2.19. The Balaban J connectivity index is 0. The van der Waals surface area contributed by atoms with Gasteiger partial charge in [-0.2, -0.15) is 0 Å². The maximum atomic E-state index is 4.90. The molecule has 2 heteroatoms. The van der Waals surface area contributed by atoms with Crippen LogP contribution in [0.5, 0.6) is 0 Å². The topological polar surface area (TPSA) is 12.5 Å². The van der Waals surface area contributed by atoms with E-state index >= 15 is 0 Å². The Hall–Kier alpha value is 0.960. The molecule has 6 heavy (non-hydrogen) atoms. The summed E-state index contributed by atoms with van der Waals surface area (Å²) in [7, 11) is 0. The summed E-state index contributed by atoms with van der Waals surface area (Å²) >= 11 is 0. The van der Waals surface area contributed by atoms with Gasteiger partial charge < -0.3 is 6.16 Å². The zero-order valence-electron chi connectivity index (χ0n) is 5.62. The zero-order valence-corrected chi connectivity index (χ0v) is 6.62. The van der Waals surface area contributed by atoms with E-state index in [-0.39, 0.29) is 36.6 Å². The molecule has 0 unspecified atom stereocenters. The van der Waals surface area contributed by atoms with E-state index in [1.165, 1.54) is 0 Å². The predicted molar refractivity (Wildman–Crippen MR) is 21.1 cm³/mol. The van der Waals surface area contributed by atoms with Crippen LogP contribution in [0, 0.1) is 0 Å². The summed E-state index contributed by atoms with van der Waals surface area (Å²) < 4.78 is 4.90. The van der Waals surface area contributed by atoms with Crippen molar-refractivity contribution in [3.05, 3.63) is 0 Å². The van der Waals surface area contributed by atoms with Gasteiger partial charge in [-0.25, -0.2) is 0 Å². The van der Waals surface area contributed by atoms with Gasteiger partial charge in [0.2, 0.25) is 0 Å². The Labute approximate surface area is 61.8 Å². The summed E-state index contributed by atoms with van der Waals surface area (Å²) in [4.78, 5) is 0. The molecule has 1 aliphatic rings. The van der Waals surface area contributed by atoms with Crippen LogP contribution in [0.1, 0.15) is 15.3 Å². The van der Waals surface area contributed by atoms with Gasteiger partial charge in [0.1, 0.15) is 0 Å². The standard InChI is InChI=1S/C4H8O.Na.H/c1-4(2)3-5-4;;/h3H2,1-2H3;;/q;+1;-1. The van der Waals surface area contributed by atoms with Crippen molar-refractivity contribution in [3.63, 3.8) is 0 Å². The minimum atomic E-state index is 0. The number of hydrogen-bond donors (Lipinski definition) is 0. The molecule has 0 spiro atoms. The SMILES string of the molecule is CC1(C)CO1.[H-].[Na+]. The average molecular weight is 96.1 g/mol. The molecule has 0 N–H and O–H groups in total. The number of ether oxygens (including phenoxy) is 1. The van der Waals surface area contributed by atoms with Crippen LogP contribution in [0.3, 0.4) is 0 Å². The first-order chi connectivity index (χ1) is 2.21. The van der Waals surface area contributed by atoms with Gasteiger partial charge in [-0.05, 0) is 13.8 Å². The summed E-state index contributed by atoms with van der Waals surface area (Å²) in [5, 5.41) is 0. The van der Waals surface area contributed by atoms with E-state index in [0.29, 0.717) is 0 Å². The molecule has 0 bridgehead atoms. The normalized spacial score (nSPS) is 25.0. The Morgan fingerprint density at radius 1 is 1.67 bits per heavy atom. The fourth-order valence-electron chi connectivity index (χ4n) is 0.144. The number of epoxide rings is 1. The third-order valence-electron chi connectivity index (χ3n) is 0.722. The Morgan fingerprint density at radius 3 is 1.83 bits per heavy atom. The quantitative estimate of drug-likeness (QED) is 0.249. The van der Waals surface area contributed by atoms with Gasteiger partial charge in [-0.1, -0.05) is 0 Å². The smallest absolute Gasteiger partial charge is 1.00 e. The largest absolute Gasteiger partial charge is 1.00 e. The van der Waals surface area contributed by atoms with Gasteiger partial charge in [0.15, 0.2) is 0 Å². The monoisotopic (exact) mass is 96.1 g/mol. The van der Waals surface area contributed by atoms with E-state index in [1.807, 2.05) is 0 Å². The molecule has 1 rings (SSSR count). The molecule has 1 nitrogen and oxygen atoms in total. The maximum absolute atomic E-state index is 4.90. The summed E-state index contributed by atoms with van der Waals surface area (Å²) in [5.41, 5.74) is 0.250. The van der Waals surface area contributed by atoms with E-state index in [4.69, 9.17) is 4.74 Å². The molecule has 1 fully saturated rings. The van der Waals surface area contributed by atoms with E-state index in [2.05, 4.69) is 13.8 Å². The van der Waals surface area contributed by atoms with Crippen LogP contribution in [0.25, 0.3) is 0 Å². The molecule has 0 saturated carbocycles. The van der Waals surface area contributed by atoms with Gasteiger partial charge in [-0.3, -0.25) is 0 Å². The summed E-state index contributed by atoms with van der Waals surface area (Å²) in [6.07, 6.45) is 0. The maximum Gasteiger partial charge on any atom is 1.00 e. The third-order valence-corrected chi connectivity index (χ3v) is 0.722. The van der Waals surface area contributed by atoms with Gasteiger partial charge >= 0.3 is 29.6 Å². The van der Waals surface area contributed by atoms with E-state index in [1.54, 1.807) is 0 Å². The van der Waals surface area contributed by atoms with Gasteiger partial charge in [0.25, 0.3) is 0 Å². The van der Waals surface area contributed by atoms with Crippen molar-refractivity contribution in [2.45, 2.75) is 19.4 Å². The molecule has 1 aliphatic heterocycles. The van der Waals surface area contributed by atoms with Crippen LogP contribution in [0.4, 0.5) is 0 Å². The zero-order chi connectivity index (χ0) is 3.91. The molecule has 1 heterocycles. The average Bonchev–Trinajstić information content (AvgIpc) is 1.76. The molecule has 0 aliphatic carbocycles. The van der Waals surface area contributed by atoms with E-state index < -0.39 is 0 Å². The molecule has 0 amide bonds. The predicted octanol–water partition coefficient (Wildman–Crippen LogP) is -2.09. The second-order valence-electron chi connectivity index (χ2n) is 2.05. The van der Waals surface area contributed by atoms with Crippen LogP contribution in [-0.4, -0.2) is 12.2 Å². The van der Waals surface area contributed by atoms with Crippen molar-refractivity contribution in [2.24, 2.45) is 0 Å². The Kier molecular flexibility index (Phi) is 2.12. The van der Waals surface area contributed by atoms with Crippen molar-refractivity contribution >= 4 is 0 Å². The molecule has 0 aromatic heterocycles. The van der Waals surface area contributed by atoms with Crippen LogP contribution in [-0.2, 0) is 4.74 Å². The van der Waals surface area contributed by atoms with Gasteiger partial charge in [0.05, 0.1) is 12.2 Å². The second-order valence-corrected chi connectivity index (χ2v) is 2.05. The van der Waals surface area contributed by atoms with Crippen LogP contribution < -0.4 is 29.6 Å². The molecular formula is C4H9NaO. The van der Waals surface area contributed by atoms with Crippen molar-refractivity contribution in [3.8, 4) is 0 Å². The van der Waals surface area contributed by atoms with Crippen molar-refractivity contribution in [2.75, 3.05) is 6.61 Å². The fraction of sp³-hybridized carbons (Fsp3) is 1.00. The molecule has 0 radical (unpaired) electrons. The van der Waals surface area contributed by atoms with Gasteiger partial charge in [0, 0.05) is 0 Å². The molecule has 0 atom stereocenters. The number of hydrogen-bond acceptors (Lipinski definition) is 1. The molecule has 0 aromatic rings. The first kappa shape index (κ1) is 6.96. The minimum Gasteiger partial charge on any atom is -1.00 e. The molecule has 0 aromatic carbocycles. The summed E-state index contributed by atoms with van der Waals surface area (Å²) in [6, 6.07) is 0. The molecule has 1 saturated heterocycles. The van der Waals surface area contributed by atoms with E-state index in [9.17, 15) is 0 Å². The molecular weight excluding hydrogens is 87.0 g/mol. The summed E-state index contributed by atoms with van der Waals surface area (Å²) in [6.45, 7) is 5.10. The summed E-state index contributed by atoms with van der Waals surface area (Å²) in [5.74, 6) is 0. The van der Waals surface area contributed by atoms with Gasteiger partial charge in [-0.15, -0.1) is 0 Å². The van der Waals surface area contributed by atoms with Crippen molar-refractivity contribution in [1.82, 2.24) is 0 Å². The van der Waals surface area contributed by atoms with Crippen LogP contribution in [0.2, 0.25) is 0 Å². The van der Waals surface area contributed by atoms with Crippen LogP contribution >= 0.6 is 0 Å². The Morgan fingerprint density at radius 2 is 1.83 bits per heavy atom. The van der Waals surface area contributed by atoms with E-state index in [0.717, 1.165) is 6.61 Å². The van der Waals surface area contributed by atoms with Crippen molar-refractivity contribution in [1.29, 1.82) is 0 Å².